The molecule has 0 fully saturated rings. The topological polar surface area (TPSA) is 136 Å². The first-order valence-electron chi connectivity index (χ1n) is 14.8. The van der Waals surface area contributed by atoms with Gasteiger partial charge >= 0.3 is 0 Å². The fourth-order valence-electron chi connectivity index (χ4n) is 3.06. The van der Waals surface area contributed by atoms with Crippen LogP contribution in [0.2, 0.25) is 0 Å². The van der Waals surface area contributed by atoms with Gasteiger partial charge in [0.25, 0.3) is 10.1 Å². The third-order valence-electron chi connectivity index (χ3n) is 5.15. The highest BCUT2D eigenvalue weighted by molar-refractivity contribution is 7.86. The van der Waals surface area contributed by atoms with Gasteiger partial charge in [0.1, 0.15) is 0 Å². The molecule has 0 aliphatic heterocycles. The molecule has 0 bridgehead atoms. The van der Waals surface area contributed by atoms with Crippen molar-refractivity contribution in [2.75, 3.05) is 132 Å². The molecule has 0 radical (unpaired) electrons. The van der Waals surface area contributed by atoms with E-state index in [4.69, 9.17) is 51.6 Å². The maximum absolute atomic E-state index is 12.0. The van der Waals surface area contributed by atoms with E-state index in [0.717, 1.165) is 0 Å². The molecule has 1 aromatic carbocycles. The second-order valence-corrected chi connectivity index (χ2v) is 10.6. The highest BCUT2D eigenvalue weighted by Crippen LogP contribution is 2.10. The molecule has 43 heavy (non-hydrogen) atoms. The second kappa shape index (κ2) is 29.4. The van der Waals surface area contributed by atoms with Gasteiger partial charge in [-0.15, -0.1) is 0 Å². The minimum absolute atomic E-state index is 0.0563. The van der Waals surface area contributed by atoms with Crippen molar-refractivity contribution in [3.63, 3.8) is 0 Å². The Hall–Kier alpha value is -1.27. The van der Waals surface area contributed by atoms with Gasteiger partial charge < -0.3 is 47.4 Å². The van der Waals surface area contributed by atoms with Crippen molar-refractivity contribution in [1.82, 2.24) is 0 Å². The first kappa shape index (κ1) is 39.8. The van der Waals surface area contributed by atoms with Crippen molar-refractivity contribution >= 4 is 10.1 Å². The minimum Gasteiger partial charge on any atom is -0.377 e. The maximum atomic E-state index is 12.0. The molecule has 0 saturated heterocycles. The van der Waals surface area contributed by atoms with E-state index >= 15 is 0 Å². The Balaban J connectivity index is 1.68. The lowest BCUT2D eigenvalue weighted by Gasteiger charge is -2.09. The van der Waals surface area contributed by atoms with Gasteiger partial charge in [-0.25, -0.2) is 0 Å². The quantitative estimate of drug-likeness (QED) is 0.0819. The van der Waals surface area contributed by atoms with Crippen molar-refractivity contribution in [2.45, 2.75) is 24.8 Å². The second-order valence-electron chi connectivity index (χ2n) is 9.02. The Labute approximate surface area is 257 Å². The van der Waals surface area contributed by atoms with E-state index in [-0.39, 0.29) is 24.2 Å². The molecule has 0 spiro atoms. The molecule has 1 aromatic rings. The van der Waals surface area contributed by atoms with Gasteiger partial charge in [-0.3, -0.25) is 4.18 Å². The predicted molar refractivity (Wildman–Crippen MR) is 158 cm³/mol. The monoisotopic (exact) mass is 640 g/mol. The molecule has 0 aromatic heterocycles. The lowest BCUT2D eigenvalue weighted by atomic mass is 10.4. The summed E-state index contributed by atoms with van der Waals surface area (Å²) in [7, 11) is -3.75. The minimum atomic E-state index is -3.75. The van der Waals surface area contributed by atoms with Crippen LogP contribution in [0.15, 0.2) is 35.2 Å². The van der Waals surface area contributed by atoms with E-state index < -0.39 is 10.1 Å². The fourth-order valence-corrected chi connectivity index (χ4v) is 3.98. The SMILES string of the molecule is CC(C)OCCOCCOCCOCCOCCOCCOCCOCCOCCOCCOS(=O)(=O)c1ccccc1. The summed E-state index contributed by atoms with van der Waals surface area (Å²) >= 11 is 0. The Morgan fingerprint density at radius 1 is 0.442 bits per heavy atom. The molecule has 0 unspecified atom stereocenters. The molecular formula is C29H52O13S. The zero-order chi connectivity index (χ0) is 31.1. The van der Waals surface area contributed by atoms with Gasteiger partial charge in [0.2, 0.25) is 0 Å². The fraction of sp³-hybridized carbons (Fsp3) is 0.793. The number of hydrogen-bond donors (Lipinski definition) is 0. The molecule has 13 nitrogen and oxygen atoms in total. The average molecular weight is 641 g/mol. The zero-order valence-corrected chi connectivity index (χ0v) is 26.6. The molecule has 0 saturated carbocycles. The van der Waals surface area contributed by atoms with Gasteiger partial charge in [-0.1, -0.05) is 18.2 Å². The van der Waals surface area contributed by atoms with Gasteiger partial charge in [0, 0.05) is 0 Å². The third-order valence-corrected chi connectivity index (χ3v) is 6.48. The summed E-state index contributed by atoms with van der Waals surface area (Å²) in [5.41, 5.74) is 0. The van der Waals surface area contributed by atoms with Crippen LogP contribution in [0, 0.1) is 0 Å². The molecule has 0 aliphatic rings. The van der Waals surface area contributed by atoms with Crippen molar-refractivity contribution in [3.05, 3.63) is 30.3 Å². The van der Waals surface area contributed by atoms with Crippen LogP contribution in [0.1, 0.15) is 13.8 Å². The zero-order valence-electron chi connectivity index (χ0n) is 25.8. The Kier molecular flexibility index (Phi) is 27.2. The molecule has 252 valence electrons. The summed E-state index contributed by atoms with van der Waals surface area (Å²) in [6.45, 7) is 12.9. The Bertz CT molecular complexity index is 812. The predicted octanol–water partition coefficient (Wildman–Crippen LogP) is 1.97. The largest absolute Gasteiger partial charge is 0.377 e. The first-order valence-corrected chi connectivity index (χ1v) is 16.2. The molecule has 0 heterocycles. The lowest BCUT2D eigenvalue weighted by molar-refractivity contribution is -0.0280. The standard InChI is InChI=1S/C29H52O13S/c1-28(2)41-26-24-39-22-20-37-18-16-35-14-12-33-10-8-32-9-11-34-13-15-36-17-19-38-21-23-40-25-27-42-43(30,31)29-6-4-3-5-7-29/h3-7,28H,8-27H2,1-2H3. The number of rotatable bonds is 33. The first-order chi connectivity index (χ1) is 21.0. The molecule has 0 amide bonds. The number of hydrogen-bond acceptors (Lipinski definition) is 13. The van der Waals surface area contributed by atoms with Crippen LogP contribution < -0.4 is 0 Å². The van der Waals surface area contributed by atoms with Crippen molar-refractivity contribution in [1.29, 1.82) is 0 Å². The Morgan fingerprint density at radius 3 is 1.02 bits per heavy atom. The highest BCUT2D eigenvalue weighted by atomic mass is 32.2. The molecular weight excluding hydrogens is 588 g/mol. The molecule has 14 heteroatoms. The van der Waals surface area contributed by atoms with E-state index in [0.29, 0.717) is 119 Å². The number of ether oxygens (including phenoxy) is 10. The van der Waals surface area contributed by atoms with E-state index in [9.17, 15) is 8.42 Å². The lowest BCUT2D eigenvalue weighted by Crippen LogP contribution is -2.16. The van der Waals surface area contributed by atoms with Crippen LogP contribution >= 0.6 is 0 Å². The average Bonchev–Trinajstić information content (AvgIpc) is 3.00. The van der Waals surface area contributed by atoms with E-state index in [1.54, 1.807) is 18.2 Å². The Morgan fingerprint density at radius 2 is 0.721 bits per heavy atom. The van der Waals surface area contributed by atoms with E-state index in [1.807, 2.05) is 13.8 Å². The van der Waals surface area contributed by atoms with Gasteiger partial charge in [-0.2, -0.15) is 8.42 Å². The molecule has 0 N–H and O–H groups in total. The van der Waals surface area contributed by atoms with Gasteiger partial charge in [0.05, 0.1) is 143 Å². The van der Waals surface area contributed by atoms with Gasteiger partial charge in [-0.05, 0) is 26.0 Å². The summed E-state index contributed by atoms with van der Waals surface area (Å²) in [5.74, 6) is 0. The van der Waals surface area contributed by atoms with Gasteiger partial charge in [0.15, 0.2) is 0 Å². The molecule has 0 aliphatic carbocycles. The number of benzene rings is 1. The van der Waals surface area contributed by atoms with Crippen LogP contribution in [0.3, 0.4) is 0 Å². The summed E-state index contributed by atoms with van der Waals surface area (Å²) in [5, 5.41) is 0. The third kappa shape index (κ3) is 26.8. The van der Waals surface area contributed by atoms with Crippen molar-refractivity contribution < 1.29 is 60.0 Å². The van der Waals surface area contributed by atoms with Crippen LogP contribution in [-0.2, 0) is 61.7 Å². The summed E-state index contributed by atoms with van der Waals surface area (Å²) in [6.07, 6.45) is 0.224. The maximum Gasteiger partial charge on any atom is 0.297 e. The van der Waals surface area contributed by atoms with Crippen molar-refractivity contribution in [2.24, 2.45) is 0 Å². The summed E-state index contributed by atoms with van der Waals surface area (Å²) < 4.78 is 83.0. The molecule has 1 rings (SSSR count). The highest BCUT2D eigenvalue weighted by Gasteiger charge is 2.13. The summed E-state index contributed by atoms with van der Waals surface area (Å²) in [6, 6.07) is 7.98. The van der Waals surface area contributed by atoms with Crippen LogP contribution in [-0.4, -0.2) is 147 Å². The summed E-state index contributed by atoms with van der Waals surface area (Å²) in [4.78, 5) is 0.122. The van der Waals surface area contributed by atoms with E-state index in [1.165, 1.54) is 12.1 Å². The normalized spacial score (nSPS) is 12.0. The smallest absolute Gasteiger partial charge is 0.297 e. The van der Waals surface area contributed by atoms with Crippen LogP contribution in [0.25, 0.3) is 0 Å². The van der Waals surface area contributed by atoms with E-state index in [2.05, 4.69) is 0 Å². The van der Waals surface area contributed by atoms with Crippen molar-refractivity contribution in [3.8, 4) is 0 Å². The molecule has 0 atom stereocenters. The van der Waals surface area contributed by atoms with Crippen LogP contribution in [0.4, 0.5) is 0 Å². The van der Waals surface area contributed by atoms with Crippen LogP contribution in [0.5, 0.6) is 0 Å².